The number of likely N-dealkylation sites (N-methyl/N-ethyl adjacent to an activating group) is 1. The van der Waals surface area contributed by atoms with Gasteiger partial charge >= 0.3 is 0 Å². The van der Waals surface area contributed by atoms with E-state index < -0.39 is 0 Å². The van der Waals surface area contributed by atoms with Crippen molar-refractivity contribution >= 4 is 22.5 Å². The summed E-state index contributed by atoms with van der Waals surface area (Å²) in [5.41, 5.74) is 4.97. The van der Waals surface area contributed by atoms with Crippen LogP contribution in [0.2, 0.25) is 0 Å². The highest BCUT2D eigenvalue weighted by molar-refractivity contribution is 5.89. The Morgan fingerprint density at radius 1 is 1.04 bits per heavy atom. The molecule has 2 aromatic carbocycles. The van der Waals surface area contributed by atoms with Crippen molar-refractivity contribution in [3.63, 3.8) is 0 Å². The third-order valence-electron chi connectivity index (χ3n) is 4.17. The van der Waals surface area contributed by atoms with Crippen molar-refractivity contribution in [1.29, 1.82) is 0 Å². The van der Waals surface area contributed by atoms with E-state index in [0.717, 1.165) is 42.1 Å². The Hall–Kier alpha value is -2.76. The van der Waals surface area contributed by atoms with Crippen LogP contribution in [0.4, 0.5) is 5.69 Å². The van der Waals surface area contributed by atoms with Gasteiger partial charge in [0.1, 0.15) is 0 Å². The maximum Gasteiger partial charge on any atom is 0.221 e. The van der Waals surface area contributed by atoms with Crippen LogP contribution < -0.4 is 16.0 Å². The summed E-state index contributed by atoms with van der Waals surface area (Å²) in [6.45, 7) is 4.14. The van der Waals surface area contributed by atoms with Crippen molar-refractivity contribution < 1.29 is 4.79 Å². The highest BCUT2D eigenvalue weighted by Gasteiger charge is 2.08. The molecular weight excluding hydrogens is 324 g/mol. The molecule has 5 nitrogen and oxygen atoms in total. The maximum atomic E-state index is 11.2. The zero-order valence-corrected chi connectivity index (χ0v) is 15.2. The third-order valence-corrected chi connectivity index (χ3v) is 4.17. The van der Waals surface area contributed by atoms with Gasteiger partial charge in [0.2, 0.25) is 5.91 Å². The molecule has 1 heterocycles. The molecule has 1 amide bonds. The second kappa shape index (κ2) is 8.56. The van der Waals surface area contributed by atoms with Crippen molar-refractivity contribution in [3.8, 4) is 11.3 Å². The number of pyridine rings is 1. The topological polar surface area (TPSA) is 66.0 Å². The van der Waals surface area contributed by atoms with Gasteiger partial charge < -0.3 is 16.0 Å². The Balaban J connectivity index is 1.91. The average Bonchev–Trinajstić information content (AvgIpc) is 2.65. The fraction of sp³-hybridized carbons (Fsp3) is 0.238. The van der Waals surface area contributed by atoms with Gasteiger partial charge in [-0.15, -0.1) is 0 Å². The summed E-state index contributed by atoms with van der Waals surface area (Å²) in [5.74, 6) is -0.0727. The lowest BCUT2D eigenvalue weighted by Crippen LogP contribution is -2.24. The smallest absolute Gasteiger partial charge is 0.221 e. The first-order valence-electron chi connectivity index (χ1n) is 8.79. The fourth-order valence-electron chi connectivity index (χ4n) is 2.91. The van der Waals surface area contributed by atoms with Crippen LogP contribution in [-0.4, -0.2) is 31.0 Å². The molecule has 0 spiro atoms. The van der Waals surface area contributed by atoms with Gasteiger partial charge in [-0.3, -0.25) is 4.79 Å². The minimum atomic E-state index is -0.0727. The number of rotatable bonds is 7. The molecule has 0 radical (unpaired) electrons. The number of carbonyl (C=O) groups excluding carboxylic acids is 1. The number of carbonyl (C=O) groups is 1. The molecular formula is C21H24N4O. The number of nitrogens with zero attached hydrogens (tertiary/aromatic N) is 1. The van der Waals surface area contributed by atoms with Crippen LogP contribution in [0.3, 0.4) is 0 Å². The molecule has 0 aliphatic rings. The van der Waals surface area contributed by atoms with Crippen LogP contribution in [-0.2, 0) is 11.3 Å². The Morgan fingerprint density at radius 3 is 2.54 bits per heavy atom. The van der Waals surface area contributed by atoms with Crippen LogP contribution in [0, 0.1) is 0 Å². The number of para-hydroxylation sites is 1. The van der Waals surface area contributed by atoms with Crippen molar-refractivity contribution in [2.24, 2.45) is 0 Å². The minimum Gasteiger partial charge on any atom is -0.326 e. The second-order valence-electron chi connectivity index (χ2n) is 6.22. The van der Waals surface area contributed by atoms with Crippen LogP contribution in [0.1, 0.15) is 12.5 Å². The molecule has 0 saturated heterocycles. The minimum absolute atomic E-state index is 0.0727. The molecule has 0 saturated carbocycles. The number of benzene rings is 2. The van der Waals surface area contributed by atoms with Crippen molar-refractivity contribution in [2.75, 3.05) is 25.5 Å². The number of anilines is 1. The lowest BCUT2D eigenvalue weighted by molar-refractivity contribution is -0.114. The van der Waals surface area contributed by atoms with E-state index in [9.17, 15) is 4.79 Å². The third kappa shape index (κ3) is 4.45. The second-order valence-corrected chi connectivity index (χ2v) is 6.22. The standard InChI is InChI=1S/C21H24N4O/c1-15(26)24-18-9-7-16(8-10-18)21-13-17(14-23-12-11-22-2)19-5-3-4-6-20(19)25-21/h3-10,13,22-23H,11-12,14H2,1-2H3,(H,24,26). The molecule has 5 heteroatoms. The molecule has 3 N–H and O–H groups in total. The van der Waals surface area contributed by atoms with E-state index in [2.05, 4.69) is 28.1 Å². The Kier molecular flexibility index (Phi) is 5.94. The van der Waals surface area contributed by atoms with E-state index in [4.69, 9.17) is 4.98 Å². The summed E-state index contributed by atoms with van der Waals surface area (Å²) >= 11 is 0. The number of amides is 1. The summed E-state index contributed by atoms with van der Waals surface area (Å²) in [6, 6.07) is 18.1. The molecule has 0 fully saturated rings. The number of nitrogens with one attached hydrogen (secondary N) is 3. The first-order valence-corrected chi connectivity index (χ1v) is 8.79. The van der Waals surface area contributed by atoms with Crippen LogP contribution in [0.25, 0.3) is 22.2 Å². The molecule has 0 atom stereocenters. The summed E-state index contributed by atoms with van der Waals surface area (Å²) in [4.78, 5) is 16.0. The van der Waals surface area contributed by atoms with Crippen molar-refractivity contribution in [2.45, 2.75) is 13.5 Å². The molecule has 3 aromatic rings. The summed E-state index contributed by atoms with van der Waals surface area (Å²) in [5, 5.41) is 10.6. The highest BCUT2D eigenvalue weighted by atomic mass is 16.1. The maximum absolute atomic E-state index is 11.2. The van der Waals surface area contributed by atoms with Crippen LogP contribution in [0.15, 0.2) is 54.6 Å². The Bertz CT molecular complexity index is 890. The molecule has 0 aliphatic heterocycles. The van der Waals surface area contributed by atoms with E-state index in [1.54, 1.807) is 0 Å². The molecule has 1 aromatic heterocycles. The lowest BCUT2D eigenvalue weighted by atomic mass is 10.0. The number of fused-ring (bicyclic) bond motifs is 1. The number of hydrogen-bond acceptors (Lipinski definition) is 4. The Labute approximate surface area is 153 Å². The number of hydrogen-bond donors (Lipinski definition) is 3. The van der Waals surface area contributed by atoms with Gasteiger partial charge in [0.15, 0.2) is 0 Å². The molecule has 26 heavy (non-hydrogen) atoms. The first-order chi connectivity index (χ1) is 12.7. The monoisotopic (exact) mass is 348 g/mol. The normalized spacial score (nSPS) is 10.8. The number of aromatic nitrogens is 1. The van der Waals surface area contributed by atoms with Gasteiger partial charge in [0, 0.05) is 43.2 Å². The molecule has 0 unspecified atom stereocenters. The van der Waals surface area contributed by atoms with Gasteiger partial charge in [-0.05, 0) is 36.9 Å². The van der Waals surface area contributed by atoms with Gasteiger partial charge in [-0.2, -0.15) is 0 Å². The van der Waals surface area contributed by atoms with Gasteiger partial charge in [-0.25, -0.2) is 4.98 Å². The summed E-state index contributed by atoms with van der Waals surface area (Å²) in [6.07, 6.45) is 0. The highest BCUT2D eigenvalue weighted by Crippen LogP contribution is 2.26. The van der Waals surface area contributed by atoms with E-state index in [-0.39, 0.29) is 5.91 Å². The zero-order chi connectivity index (χ0) is 18.4. The SMILES string of the molecule is CNCCNCc1cc(-c2ccc(NC(C)=O)cc2)nc2ccccc12. The fourth-order valence-corrected chi connectivity index (χ4v) is 2.91. The van der Waals surface area contributed by atoms with Gasteiger partial charge in [0.05, 0.1) is 11.2 Å². The molecule has 0 bridgehead atoms. The predicted octanol–water partition coefficient (Wildman–Crippen LogP) is 3.17. The molecule has 3 rings (SSSR count). The van der Waals surface area contributed by atoms with Gasteiger partial charge in [-0.1, -0.05) is 30.3 Å². The van der Waals surface area contributed by atoms with Crippen molar-refractivity contribution in [1.82, 2.24) is 15.6 Å². The molecule has 134 valence electrons. The van der Waals surface area contributed by atoms with Crippen LogP contribution >= 0.6 is 0 Å². The summed E-state index contributed by atoms with van der Waals surface area (Å²) < 4.78 is 0. The van der Waals surface area contributed by atoms with Crippen molar-refractivity contribution in [3.05, 3.63) is 60.2 Å². The Morgan fingerprint density at radius 2 is 1.81 bits per heavy atom. The van der Waals surface area contributed by atoms with E-state index in [1.807, 2.05) is 49.5 Å². The van der Waals surface area contributed by atoms with E-state index in [1.165, 1.54) is 17.9 Å². The zero-order valence-electron chi connectivity index (χ0n) is 15.2. The van der Waals surface area contributed by atoms with Crippen LogP contribution in [0.5, 0.6) is 0 Å². The van der Waals surface area contributed by atoms with E-state index >= 15 is 0 Å². The summed E-state index contributed by atoms with van der Waals surface area (Å²) in [7, 11) is 1.95. The molecule has 0 aliphatic carbocycles. The first kappa shape index (κ1) is 18.0. The lowest BCUT2D eigenvalue weighted by Gasteiger charge is -2.11. The quantitative estimate of drug-likeness (QED) is 0.574. The van der Waals surface area contributed by atoms with Gasteiger partial charge in [0.25, 0.3) is 0 Å². The average molecular weight is 348 g/mol. The predicted molar refractivity (Wildman–Crippen MR) is 107 cm³/mol. The largest absolute Gasteiger partial charge is 0.326 e. The van der Waals surface area contributed by atoms with E-state index in [0.29, 0.717) is 0 Å².